The third-order valence-electron chi connectivity index (χ3n) is 2.86. The molecule has 26 heavy (non-hydrogen) atoms. The quantitative estimate of drug-likeness (QED) is 0.566. The number of benzene rings is 1. The molecular formula is C16H19Cl3N2O5. The Morgan fingerprint density at radius 1 is 1.04 bits per heavy atom. The summed E-state index contributed by atoms with van der Waals surface area (Å²) in [6.45, 7) is 4.91. The van der Waals surface area contributed by atoms with E-state index in [1.807, 2.05) is 0 Å². The van der Waals surface area contributed by atoms with Gasteiger partial charge in [0.1, 0.15) is 6.61 Å². The zero-order valence-electron chi connectivity index (χ0n) is 14.4. The molecule has 0 spiro atoms. The average molecular weight is 426 g/mol. The van der Waals surface area contributed by atoms with Crippen molar-refractivity contribution in [2.45, 2.75) is 31.0 Å². The standard InChI is InChI=1S/C16H19Cl3N2O5/c1-15(2,3)13(23)20-11-6-4-10(5-7-11)8-12(22)26-21-14(24)25-9-16(17,18)19/h4-7H,8-9H2,1-3H3,(H,20,23)(H,21,24). The van der Waals surface area contributed by atoms with Crippen molar-refractivity contribution in [1.29, 1.82) is 0 Å². The van der Waals surface area contributed by atoms with Crippen LogP contribution in [0.3, 0.4) is 0 Å². The molecule has 0 bridgehead atoms. The molecule has 0 radical (unpaired) electrons. The second kappa shape index (κ2) is 9.30. The Morgan fingerprint density at radius 3 is 2.12 bits per heavy atom. The molecule has 7 nitrogen and oxygen atoms in total. The van der Waals surface area contributed by atoms with Crippen LogP contribution in [0.25, 0.3) is 0 Å². The predicted molar refractivity (Wildman–Crippen MR) is 99.1 cm³/mol. The number of alkyl halides is 3. The topological polar surface area (TPSA) is 93.7 Å². The second-order valence-electron chi connectivity index (χ2n) is 6.35. The van der Waals surface area contributed by atoms with Gasteiger partial charge in [-0.1, -0.05) is 67.7 Å². The smallest absolute Gasteiger partial charge is 0.440 e. The Labute approximate surface area is 166 Å². The maximum Gasteiger partial charge on any atom is 0.440 e. The van der Waals surface area contributed by atoms with Crippen LogP contribution in [0.4, 0.5) is 10.5 Å². The fourth-order valence-corrected chi connectivity index (χ4v) is 1.67. The number of hydrogen-bond donors (Lipinski definition) is 2. The number of rotatable bonds is 4. The van der Waals surface area contributed by atoms with Crippen LogP contribution >= 0.6 is 34.8 Å². The molecule has 0 aromatic heterocycles. The van der Waals surface area contributed by atoms with Gasteiger partial charge in [0.15, 0.2) is 0 Å². The van der Waals surface area contributed by atoms with Crippen LogP contribution in [0.1, 0.15) is 26.3 Å². The number of nitrogens with one attached hydrogen (secondary N) is 2. The van der Waals surface area contributed by atoms with Gasteiger partial charge >= 0.3 is 12.1 Å². The highest BCUT2D eigenvalue weighted by molar-refractivity contribution is 6.67. The summed E-state index contributed by atoms with van der Waals surface area (Å²) in [7, 11) is 0. The van der Waals surface area contributed by atoms with Crippen LogP contribution in [0.2, 0.25) is 0 Å². The lowest BCUT2D eigenvalue weighted by Crippen LogP contribution is -2.30. The van der Waals surface area contributed by atoms with Crippen molar-refractivity contribution >= 4 is 58.5 Å². The largest absolute Gasteiger partial charge is 0.443 e. The third kappa shape index (κ3) is 9.12. The van der Waals surface area contributed by atoms with Gasteiger partial charge in [0.05, 0.1) is 6.42 Å². The fourth-order valence-electron chi connectivity index (χ4n) is 1.50. The third-order valence-corrected chi connectivity index (χ3v) is 3.18. The van der Waals surface area contributed by atoms with Crippen LogP contribution in [0.15, 0.2) is 24.3 Å². The van der Waals surface area contributed by atoms with Gasteiger partial charge in [-0.3, -0.25) is 4.79 Å². The number of carbonyl (C=O) groups is 3. The van der Waals surface area contributed by atoms with Gasteiger partial charge in [0, 0.05) is 11.1 Å². The normalized spacial score (nSPS) is 11.5. The maximum atomic E-state index is 11.9. The molecule has 0 fully saturated rings. The van der Waals surface area contributed by atoms with Gasteiger partial charge in [0.25, 0.3) is 0 Å². The average Bonchev–Trinajstić information content (AvgIpc) is 2.51. The van der Waals surface area contributed by atoms with E-state index >= 15 is 0 Å². The molecule has 0 heterocycles. The van der Waals surface area contributed by atoms with Gasteiger partial charge in [-0.2, -0.15) is 0 Å². The van der Waals surface area contributed by atoms with Crippen LogP contribution < -0.4 is 10.8 Å². The summed E-state index contributed by atoms with van der Waals surface area (Å²) < 4.78 is 2.77. The van der Waals surface area contributed by atoms with E-state index in [0.29, 0.717) is 11.3 Å². The monoisotopic (exact) mass is 424 g/mol. The number of amides is 2. The summed E-state index contributed by atoms with van der Waals surface area (Å²) in [5, 5.41) is 2.77. The molecule has 0 unspecified atom stereocenters. The lowest BCUT2D eigenvalue weighted by molar-refractivity contribution is -0.148. The molecule has 0 saturated heterocycles. The van der Waals surface area contributed by atoms with Crippen molar-refractivity contribution in [3.63, 3.8) is 0 Å². The van der Waals surface area contributed by atoms with Crippen molar-refractivity contribution < 1.29 is 24.0 Å². The molecule has 1 aromatic rings. The lowest BCUT2D eigenvalue weighted by Gasteiger charge is -2.17. The first kappa shape index (κ1) is 22.3. The predicted octanol–water partition coefficient (Wildman–Crippen LogP) is 3.77. The van der Waals surface area contributed by atoms with Gasteiger partial charge in [-0.05, 0) is 17.7 Å². The van der Waals surface area contributed by atoms with Crippen LogP contribution in [-0.2, 0) is 25.6 Å². The Hall–Kier alpha value is -1.70. The van der Waals surface area contributed by atoms with Gasteiger partial charge in [-0.15, -0.1) is 5.48 Å². The molecule has 0 aliphatic heterocycles. The molecule has 10 heteroatoms. The number of ether oxygens (including phenoxy) is 1. The molecule has 0 atom stereocenters. The zero-order chi connectivity index (χ0) is 20.0. The van der Waals surface area contributed by atoms with Crippen molar-refractivity contribution in [2.24, 2.45) is 5.41 Å². The summed E-state index contributed by atoms with van der Waals surface area (Å²) >= 11 is 16.2. The minimum Gasteiger partial charge on any atom is -0.443 e. The Kier molecular flexibility index (Phi) is 7.99. The minimum absolute atomic E-state index is 0.0990. The summed E-state index contributed by atoms with van der Waals surface area (Å²) in [4.78, 5) is 39.4. The zero-order valence-corrected chi connectivity index (χ0v) is 16.7. The molecule has 0 saturated carbocycles. The van der Waals surface area contributed by atoms with E-state index in [1.165, 1.54) is 0 Å². The molecule has 1 aromatic carbocycles. The molecule has 1 rings (SSSR count). The van der Waals surface area contributed by atoms with E-state index in [0.717, 1.165) is 0 Å². The van der Waals surface area contributed by atoms with E-state index in [4.69, 9.17) is 34.8 Å². The van der Waals surface area contributed by atoms with Crippen molar-refractivity contribution in [1.82, 2.24) is 5.48 Å². The first-order valence-corrected chi connectivity index (χ1v) is 8.60. The van der Waals surface area contributed by atoms with Crippen molar-refractivity contribution in [2.75, 3.05) is 11.9 Å². The minimum atomic E-state index is -1.76. The number of carbonyl (C=O) groups excluding carboxylic acids is 3. The molecule has 0 aliphatic carbocycles. The van der Waals surface area contributed by atoms with Crippen LogP contribution in [0.5, 0.6) is 0 Å². The molecule has 2 amide bonds. The summed E-state index contributed by atoms with van der Waals surface area (Å²) in [5.74, 6) is -0.843. The van der Waals surface area contributed by atoms with E-state index in [1.54, 1.807) is 50.5 Å². The van der Waals surface area contributed by atoms with E-state index in [2.05, 4.69) is 14.9 Å². The molecule has 144 valence electrons. The summed E-state index contributed by atoms with van der Waals surface area (Å²) in [6.07, 6.45) is -1.16. The maximum absolute atomic E-state index is 11.9. The van der Waals surface area contributed by atoms with Gasteiger partial charge in [-0.25, -0.2) is 9.59 Å². The first-order valence-electron chi connectivity index (χ1n) is 7.46. The summed E-state index contributed by atoms with van der Waals surface area (Å²) in [6, 6.07) is 6.63. The van der Waals surface area contributed by atoms with Crippen molar-refractivity contribution in [3.8, 4) is 0 Å². The van der Waals surface area contributed by atoms with Gasteiger partial charge < -0.3 is 14.9 Å². The highest BCUT2D eigenvalue weighted by atomic mass is 35.6. The van der Waals surface area contributed by atoms with Crippen LogP contribution in [0, 0.1) is 5.41 Å². The second-order valence-corrected chi connectivity index (χ2v) is 8.86. The Balaban J connectivity index is 2.43. The molecular weight excluding hydrogens is 407 g/mol. The number of hydrogen-bond acceptors (Lipinski definition) is 5. The molecule has 2 N–H and O–H groups in total. The summed E-state index contributed by atoms with van der Waals surface area (Å²) in [5.41, 5.74) is 2.50. The highest BCUT2D eigenvalue weighted by Gasteiger charge is 2.23. The Bertz CT molecular complexity index is 651. The van der Waals surface area contributed by atoms with E-state index in [-0.39, 0.29) is 12.3 Å². The Morgan fingerprint density at radius 2 is 1.62 bits per heavy atom. The fraction of sp³-hybridized carbons (Fsp3) is 0.438. The van der Waals surface area contributed by atoms with E-state index < -0.39 is 27.9 Å². The van der Waals surface area contributed by atoms with E-state index in [9.17, 15) is 14.4 Å². The number of anilines is 1. The van der Waals surface area contributed by atoms with Gasteiger partial charge in [0.2, 0.25) is 9.70 Å². The number of halogens is 3. The highest BCUT2D eigenvalue weighted by Crippen LogP contribution is 2.25. The molecule has 0 aliphatic rings. The lowest BCUT2D eigenvalue weighted by atomic mass is 9.95. The number of hydroxylamine groups is 1. The first-order chi connectivity index (χ1) is 11.9. The SMILES string of the molecule is CC(C)(C)C(=O)Nc1ccc(CC(=O)ONC(=O)OCC(Cl)(Cl)Cl)cc1. The van der Waals surface area contributed by atoms with Crippen molar-refractivity contribution in [3.05, 3.63) is 29.8 Å². The van der Waals surface area contributed by atoms with Crippen LogP contribution in [-0.4, -0.2) is 28.4 Å².